The first kappa shape index (κ1) is 18.7. The molecule has 1 amide bonds. The Bertz CT molecular complexity index is 955. The van der Waals surface area contributed by atoms with E-state index < -0.39 is 0 Å². The van der Waals surface area contributed by atoms with Crippen molar-refractivity contribution in [2.75, 3.05) is 26.6 Å². The molecule has 1 aromatic heterocycles. The van der Waals surface area contributed by atoms with Gasteiger partial charge in [0.1, 0.15) is 5.75 Å². The van der Waals surface area contributed by atoms with Gasteiger partial charge in [-0.15, -0.1) is 0 Å². The highest BCUT2D eigenvalue weighted by molar-refractivity contribution is 6.33. The van der Waals surface area contributed by atoms with E-state index in [2.05, 4.69) is 5.32 Å². The summed E-state index contributed by atoms with van der Waals surface area (Å²) in [6, 6.07) is 12.2. The zero-order chi connectivity index (χ0) is 19.4. The molecule has 27 heavy (non-hydrogen) atoms. The van der Waals surface area contributed by atoms with Gasteiger partial charge < -0.3 is 24.1 Å². The summed E-state index contributed by atoms with van der Waals surface area (Å²) in [5.41, 5.74) is 1.61. The van der Waals surface area contributed by atoms with Gasteiger partial charge in [-0.1, -0.05) is 11.6 Å². The molecule has 0 aliphatic heterocycles. The van der Waals surface area contributed by atoms with E-state index in [1.165, 1.54) is 14.2 Å². The fourth-order valence-electron chi connectivity index (χ4n) is 2.69. The van der Waals surface area contributed by atoms with Gasteiger partial charge in [0.2, 0.25) is 0 Å². The standard InChI is InChI=1S/C20H19ClN2O4/c1-25-17-7-6-13(10-19(17)27-3)22-20(24)14-11-15(21)16(12-18(14)26-2)23-8-4-5-9-23/h4-12H,1-3H3,(H,22,24). The molecule has 7 heteroatoms. The highest BCUT2D eigenvalue weighted by Gasteiger charge is 2.17. The van der Waals surface area contributed by atoms with Crippen LogP contribution in [0.4, 0.5) is 5.69 Å². The van der Waals surface area contributed by atoms with Crippen molar-refractivity contribution in [1.82, 2.24) is 4.57 Å². The number of methoxy groups -OCH3 is 3. The van der Waals surface area contributed by atoms with Crippen molar-refractivity contribution in [2.24, 2.45) is 0 Å². The third kappa shape index (κ3) is 3.85. The summed E-state index contributed by atoms with van der Waals surface area (Å²) in [6.45, 7) is 0. The molecule has 140 valence electrons. The van der Waals surface area contributed by atoms with Gasteiger partial charge in [-0.25, -0.2) is 0 Å². The van der Waals surface area contributed by atoms with Crippen molar-refractivity contribution in [2.45, 2.75) is 0 Å². The fraction of sp³-hybridized carbons (Fsp3) is 0.150. The third-order valence-electron chi connectivity index (χ3n) is 4.04. The van der Waals surface area contributed by atoms with Crippen molar-refractivity contribution in [3.63, 3.8) is 0 Å². The lowest BCUT2D eigenvalue weighted by atomic mass is 10.1. The zero-order valence-corrected chi connectivity index (χ0v) is 15.9. The molecule has 0 bridgehead atoms. The number of anilines is 1. The number of hydrogen-bond donors (Lipinski definition) is 1. The molecule has 0 fully saturated rings. The van der Waals surface area contributed by atoms with Gasteiger partial charge in [-0.05, 0) is 30.3 Å². The van der Waals surface area contributed by atoms with Crippen LogP contribution in [0.1, 0.15) is 10.4 Å². The van der Waals surface area contributed by atoms with E-state index in [1.54, 1.807) is 37.4 Å². The summed E-state index contributed by atoms with van der Waals surface area (Å²) >= 11 is 6.39. The average molecular weight is 387 g/mol. The largest absolute Gasteiger partial charge is 0.496 e. The van der Waals surface area contributed by atoms with E-state index in [1.807, 2.05) is 29.1 Å². The SMILES string of the molecule is COc1ccc(NC(=O)c2cc(Cl)c(-n3cccc3)cc2OC)cc1OC. The van der Waals surface area contributed by atoms with Crippen LogP contribution in [0.5, 0.6) is 17.2 Å². The number of amides is 1. The lowest BCUT2D eigenvalue weighted by Gasteiger charge is -2.14. The lowest BCUT2D eigenvalue weighted by Crippen LogP contribution is -2.14. The molecule has 2 aromatic carbocycles. The summed E-state index contributed by atoms with van der Waals surface area (Å²) in [6.07, 6.45) is 3.73. The molecular formula is C20H19ClN2O4. The summed E-state index contributed by atoms with van der Waals surface area (Å²) in [7, 11) is 4.59. The number of rotatable bonds is 6. The highest BCUT2D eigenvalue weighted by atomic mass is 35.5. The third-order valence-corrected chi connectivity index (χ3v) is 4.34. The molecule has 6 nitrogen and oxygen atoms in total. The Morgan fingerprint density at radius 2 is 1.59 bits per heavy atom. The van der Waals surface area contributed by atoms with E-state index in [0.29, 0.717) is 33.5 Å². The van der Waals surface area contributed by atoms with E-state index in [4.69, 9.17) is 25.8 Å². The molecule has 0 aliphatic carbocycles. The van der Waals surface area contributed by atoms with Crippen molar-refractivity contribution in [3.05, 3.63) is 65.4 Å². The molecule has 1 N–H and O–H groups in total. The molecule has 0 spiro atoms. The molecule has 0 saturated carbocycles. The number of carbonyl (C=O) groups is 1. The number of nitrogens with one attached hydrogen (secondary N) is 1. The Hall–Kier alpha value is -3.12. The van der Waals surface area contributed by atoms with Crippen LogP contribution in [0.15, 0.2) is 54.9 Å². The quantitative estimate of drug-likeness (QED) is 0.681. The molecular weight excluding hydrogens is 368 g/mol. The molecule has 3 rings (SSSR count). The van der Waals surface area contributed by atoms with Crippen LogP contribution in [0.25, 0.3) is 5.69 Å². The number of halogens is 1. The second-order valence-corrected chi connectivity index (χ2v) is 6.03. The number of benzene rings is 2. The highest BCUT2D eigenvalue weighted by Crippen LogP contribution is 2.32. The Morgan fingerprint density at radius 1 is 0.926 bits per heavy atom. The molecule has 3 aromatic rings. The number of nitrogens with zero attached hydrogens (tertiary/aromatic N) is 1. The minimum atomic E-state index is -0.347. The van der Waals surface area contributed by atoms with Gasteiger partial charge in [0.15, 0.2) is 11.5 Å². The van der Waals surface area contributed by atoms with E-state index >= 15 is 0 Å². The van der Waals surface area contributed by atoms with Crippen LogP contribution >= 0.6 is 11.6 Å². The number of aromatic nitrogens is 1. The van der Waals surface area contributed by atoms with Crippen LogP contribution in [0, 0.1) is 0 Å². The zero-order valence-electron chi connectivity index (χ0n) is 15.2. The second-order valence-electron chi connectivity index (χ2n) is 5.62. The molecule has 0 unspecified atom stereocenters. The maximum absolute atomic E-state index is 12.8. The van der Waals surface area contributed by atoms with Crippen LogP contribution < -0.4 is 19.5 Å². The van der Waals surface area contributed by atoms with Crippen LogP contribution in [0.3, 0.4) is 0 Å². The van der Waals surface area contributed by atoms with Gasteiger partial charge in [-0.2, -0.15) is 0 Å². The van der Waals surface area contributed by atoms with E-state index in [-0.39, 0.29) is 5.91 Å². The smallest absolute Gasteiger partial charge is 0.259 e. The topological polar surface area (TPSA) is 61.7 Å². The summed E-state index contributed by atoms with van der Waals surface area (Å²) in [5, 5.41) is 3.26. The van der Waals surface area contributed by atoms with Gasteiger partial charge >= 0.3 is 0 Å². The number of ether oxygens (including phenoxy) is 3. The van der Waals surface area contributed by atoms with Gasteiger partial charge in [0.25, 0.3) is 5.91 Å². The minimum absolute atomic E-state index is 0.327. The molecule has 1 heterocycles. The van der Waals surface area contributed by atoms with E-state index in [0.717, 1.165) is 5.69 Å². The summed E-state index contributed by atoms with van der Waals surface area (Å²) < 4.78 is 17.7. The normalized spacial score (nSPS) is 10.4. The van der Waals surface area contributed by atoms with Gasteiger partial charge in [-0.3, -0.25) is 4.79 Å². The summed E-state index contributed by atoms with van der Waals surface area (Å²) in [5.74, 6) is 1.16. The Kier molecular flexibility index (Phi) is 5.57. The van der Waals surface area contributed by atoms with Gasteiger partial charge in [0.05, 0.1) is 37.6 Å². The van der Waals surface area contributed by atoms with Gasteiger partial charge in [0, 0.05) is 30.2 Å². The first-order valence-corrected chi connectivity index (χ1v) is 8.49. The lowest BCUT2D eigenvalue weighted by molar-refractivity contribution is 0.102. The first-order chi connectivity index (χ1) is 13.1. The monoisotopic (exact) mass is 386 g/mol. The molecule has 0 aliphatic rings. The Labute approximate surface area is 162 Å². The summed E-state index contributed by atoms with van der Waals surface area (Å²) in [4.78, 5) is 12.8. The molecule has 0 saturated heterocycles. The van der Waals surface area contributed by atoms with Crippen molar-refractivity contribution in [1.29, 1.82) is 0 Å². The van der Waals surface area contributed by atoms with E-state index in [9.17, 15) is 4.79 Å². The average Bonchev–Trinajstić information content (AvgIpc) is 3.22. The van der Waals surface area contributed by atoms with Crippen molar-refractivity contribution in [3.8, 4) is 22.9 Å². The Balaban J connectivity index is 1.92. The maximum Gasteiger partial charge on any atom is 0.259 e. The Morgan fingerprint density at radius 3 is 2.22 bits per heavy atom. The van der Waals surface area contributed by atoms with Crippen molar-refractivity contribution >= 4 is 23.2 Å². The second kappa shape index (κ2) is 8.05. The predicted octanol–water partition coefficient (Wildman–Crippen LogP) is 4.41. The first-order valence-electron chi connectivity index (χ1n) is 8.11. The molecule has 0 radical (unpaired) electrons. The fourth-order valence-corrected chi connectivity index (χ4v) is 2.96. The molecule has 0 atom stereocenters. The predicted molar refractivity (Wildman–Crippen MR) is 105 cm³/mol. The van der Waals surface area contributed by atoms with Crippen molar-refractivity contribution < 1.29 is 19.0 Å². The minimum Gasteiger partial charge on any atom is -0.496 e. The van der Waals surface area contributed by atoms with Crippen LogP contribution in [-0.2, 0) is 0 Å². The number of carbonyl (C=O) groups excluding carboxylic acids is 1. The van der Waals surface area contributed by atoms with Crippen LogP contribution in [-0.4, -0.2) is 31.8 Å². The maximum atomic E-state index is 12.8. The number of hydrogen-bond acceptors (Lipinski definition) is 4. The van der Waals surface area contributed by atoms with Crippen LogP contribution in [0.2, 0.25) is 5.02 Å².